The Hall–Kier alpha value is -1.22. The van der Waals surface area contributed by atoms with E-state index in [1.165, 1.54) is 0 Å². The van der Waals surface area contributed by atoms with Gasteiger partial charge < -0.3 is 9.05 Å². The molecule has 0 spiro atoms. The highest BCUT2D eigenvalue weighted by molar-refractivity contribution is 7.77. The van der Waals surface area contributed by atoms with Crippen molar-refractivity contribution in [1.82, 2.24) is 5.09 Å². The van der Waals surface area contributed by atoms with Crippen molar-refractivity contribution >= 4 is 25.5 Å². The number of hydrogen-bond acceptors (Lipinski definition) is 4. The lowest BCUT2D eigenvalue weighted by molar-refractivity contribution is 0.209. The van der Waals surface area contributed by atoms with Gasteiger partial charge in [0, 0.05) is 10.6 Å². The molecule has 0 heterocycles. The lowest BCUT2D eigenvalue weighted by atomic mass is 10.4. The van der Waals surface area contributed by atoms with Gasteiger partial charge >= 0.3 is 7.60 Å². The van der Waals surface area contributed by atoms with Crippen LogP contribution in [-0.2, 0) is 18.2 Å². The van der Waals surface area contributed by atoms with Gasteiger partial charge in [0.15, 0.2) is 0 Å². The fourth-order valence-corrected chi connectivity index (χ4v) is 7.78. The molecule has 0 bridgehead atoms. The summed E-state index contributed by atoms with van der Waals surface area (Å²) in [7, 11) is -6.67. The number of benzene rings is 2. The summed E-state index contributed by atoms with van der Waals surface area (Å²) in [5.41, 5.74) is 0. The molecule has 0 fully saturated rings. The van der Waals surface area contributed by atoms with Crippen molar-refractivity contribution in [3.05, 3.63) is 60.7 Å². The molecule has 0 aliphatic carbocycles. The van der Waals surface area contributed by atoms with Crippen LogP contribution in [0.3, 0.4) is 0 Å². The maximum absolute atomic E-state index is 14.1. The van der Waals surface area contributed by atoms with E-state index in [1.54, 1.807) is 13.8 Å². The number of hydrogen-bond donors (Lipinski definition) is 1. The van der Waals surface area contributed by atoms with Crippen LogP contribution in [0.2, 0.25) is 0 Å². The van der Waals surface area contributed by atoms with Gasteiger partial charge in [0.25, 0.3) is 0 Å². The van der Waals surface area contributed by atoms with Crippen molar-refractivity contribution in [3.63, 3.8) is 0 Å². The summed E-state index contributed by atoms with van der Waals surface area (Å²) in [6.45, 7) is 5.94. The Morgan fingerprint density at radius 3 is 1.58 bits per heavy atom. The average Bonchev–Trinajstić information content (AvgIpc) is 2.67. The molecular formula is C19H27NO4P2. The Morgan fingerprint density at radius 2 is 1.23 bits per heavy atom. The molecule has 2 aromatic rings. The Balaban J connectivity index is 2.50. The molecule has 0 aromatic heterocycles. The van der Waals surface area contributed by atoms with Gasteiger partial charge in [0.1, 0.15) is 5.78 Å². The van der Waals surface area contributed by atoms with Gasteiger partial charge in [-0.15, -0.1) is 0 Å². The molecule has 0 saturated carbocycles. The van der Waals surface area contributed by atoms with E-state index in [0.29, 0.717) is 17.0 Å². The van der Waals surface area contributed by atoms with Gasteiger partial charge in [0.05, 0.1) is 13.2 Å². The number of rotatable bonds is 10. The summed E-state index contributed by atoms with van der Waals surface area (Å²) < 4.78 is 38.3. The van der Waals surface area contributed by atoms with Crippen LogP contribution >= 0.6 is 14.9 Å². The Morgan fingerprint density at radius 1 is 0.808 bits per heavy atom. The van der Waals surface area contributed by atoms with Gasteiger partial charge in [-0.25, -0.2) is 5.09 Å². The summed E-state index contributed by atoms with van der Waals surface area (Å²) in [6, 6.07) is 18.4. The topological polar surface area (TPSA) is 64.6 Å². The Labute approximate surface area is 156 Å². The Kier molecular flexibility index (Phi) is 7.82. The molecule has 5 nitrogen and oxygen atoms in total. The molecule has 7 heteroatoms. The second-order valence-electron chi connectivity index (χ2n) is 5.71. The van der Waals surface area contributed by atoms with E-state index in [4.69, 9.17) is 9.05 Å². The molecule has 0 aliphatic heterocycles. The quantitative estimate of drug-likeness (QED) is 0.600. The highest BCUT2D eigenvalue weighted by Crippen LogP contribution is 2.56. The average molecular weight is 395 g/mol. The minimum Gasteiger partial charge on any atom is -0.308 e. The van der Waals surface area contributed by atoms with Crippen molar-refractivity contribution in [2.45, 2.75) is 33.0 Å². The van der Waals surface area contributed by atoms with Crippen molar-refractivity contribution in [2.75, 3.05) is 13.2 Å². The maximum atomic E-state index is 14.1. The van der Waals surface area contributed by atoms with E-state index < -0.39 is 20.7 Å². The molecular weight excluding hydrogens is 368 g/mol. The van der Waals surface area contributed by atoms with Crippen molar-refractivity contribution < 1.29 is 18.2 Å². The monoisotopic (exact) mass is 395 g/mol. The molecule has 26 heavy (non-hydrogen) atoms. The van der Waals surface area contributed by atoms with E-state index in [1.807, 2.05) is 67.6 Å². The second-order valence-corrected chi connectivity index (χ2v) is 10.4. The minimum atomic E-state index is -3.45. The third-order valence-electron chi connectivity index (χ3n) is 3.96. The summed E-state index contributed by atoms with van der Waals surface area (Å²) in [4.78, 5) is 0. The summed E-state index contributed by atoms with van der Waals surface area (Å²) >= 11 is 0. The predicted molar refractivity (Wildman–Crippen MR) is 108 cm³/mol. The van der Waals surface area contributed by atoms with Crippen LogP contribution in [-0.4, -0.2) is 19.0 Å². The van der Waals surface area contributed by atoms with E-state index >= 15 is 0 Å². The molecule has 0 aliphatic rings. The maximum Gasteiger partial charge on any atom is 0.347 e. The van der Waals surface area contributed by atoms with Crippen molar-refractivity contribution in [1.29, 1.82) is 0 Å². The van der Waals surface area contributed by atoms with Crippen LogP contribution in [0.5, 0.6) is 0 Å². The van der Waals surface area contributed by atoms with Crippen LogP contribution in [0.1, 0.15) is 27.2 Å². The fourth-order valence-electron chi connectivity index (χ4n) is 2.75. The normalized spacial score (nSPS) is 13.5. The SMILES string of the molecule is CCOP(=O)(OCC)C(CC)NP(=O)(c1ccccc1)c1ccccc1. The summed E-state index contributed by atoms with van der Waals surface area (Å²) in [6.07, 6.45) is 0.459. The first-order chi connectivity index (χ1) is 12.5. The fraction of sp³-hybridized carbons (Fsp3) is 0.368. The molecule has 1 atom stereocenters. The third kappa shape index (κ3) is 4.73. The highest BCUT2D eigenvalue weighted by Gasteiger charge is 2.40. The summed E-state index contributed by atoms with van der Waals surface area (Å²) in [5, 5.41) is 4.48. The zero-order chi connectivity index (χ0) is 19.0. The molecule has 0 amide bonds. The largest absolute Gasteiger partial charge is 0.347 e. The first kappa shape index (κ1) is 21.1. The van der Waals surface area contributed by atoms with E-state index in [2.05, 4.69) is 5.09 Å². The molecule has 0 saturated heterocycles. The van der Waals surface area contributed by atoms with Gasteiger partial charge in [-0.2, -0.15) is 0 Å². The van der Waals surface area contributed by atoms with Crippen LogP contribution in [0.15, 0.2) is 60.7 Å². The molecule has 1 N–H and O–H groups in total. The first-order valence-electron chi connectivity index (χ1n) is 8.88. The summed E-state index contributed by atoms with van der Waals surface area (Å²) in [5.74, 6) is -0.673. The molecule has 2 aromatic carbocycles. The van der Waals surface area contributed by atoms with Crippen molar-refractivity contribution in [3.8, 4) is 0 Å². The predicted octanol–water partition coefficient (Wildman–Crippen LogP) is 4.51. The molecule has 0 radical (unpaired) electrons. The van der Waals surface area contributed by atoms with E-state index in [9.17, 15) is 9.13 Å². The molecule has 142 valence electrons. The van der Waals surface area contributed by atoms with E-state index in [0.717, 1.165) is 0 Å². The van der Waals surface area contributed by atoms with Crippen LogP contribution in [0.25, 0.3) is 0 Å². The van der Waals surface area contributed by atoms with Gasteiger partial charge in [0.2, 0.25) is 7.29 Å². The van der Waals surface area contributed by atoms with Gasteiger partial charge in [-0.1, -0.05) is 43.3 Å². The van der Waals surface area contributed by atoms with E-state index in [-0.39, 0.29) is 13.2 Å². The lowest BCUT2D eigenvalue weighted by Gasteiger charge is -2.30. The van der Waals surface area contributed by atoms with Gasteiger partial charge in [-0.3, -0.25) is 9.13 Å². The van der Waals surface area contributed by atoms with Crippen molar-refractivity contribution in [2.24, 2.45) is 0 Å². The lowest BCUT2D eigenvalue weighted by Crippen LogP contribution is -2.35. The zero-order valence-corrected chi connectivity index (χ0v) is 17.3. The zero-order valence-electron chi connectivity index (χ0n) is 15.5. The second kappa shape index (κ2) is 9.64. The highest BCUT2D eigenvalue weighted by atomic mass is 31.2. The number of nitrogens with one attached hydrogen (secondary N) is 1. The Bertz CT molecular complexity index is 714. The first-order valence-corrected chi connectivity index (χ1v) is 12.2. The smallest absolute Gasteiger partial charge is 0.308 e. The minimum absolute atomic E-state index is 0.260. The molecule has 1 unspecified atom stereocenters. The van der Waals surface area contributed by atoms with Crippen LogP contribution in [0.4, 0.5) is 0 Å². The van der Waals surface area contributed by atoms with Gasteiger partial charge in [-0.05, 0) is 44.5 Å². The standard InChI is InChI=1S/C19H27NO4P2/c1-4-19(26(22,23-5-2)24-6-3)20-25(21,17-13-9-7-10-14-17)18-15-11-8-12-16-18/h7-16,19H,4-6H2,1-3H3,(H,20,21). The molecule has 2 rings (SSSR count). The van der Waals surface area contributed by atoms with Crippen LogP contribution in [0, 0.1) is 0 Å². The van der Waals surface area contributed by atoms with Crippen LogP contribution < -0.4 is 15.7 Å². The third-order valence-corrected chi connectivity index (χ3v) is 9.38.